The van der Waals surface area contributed by atoms with Gasteiger partial charge in [0.2, 0.25) is 0 Å². The highest BCUT2D eigenvalue weighted by Gasteiger charge is 2.21. The number of benzene rings is 9. The fraction of sp³-hybridized carbons (Fsp3) is 0. The summed E-state index contributed by atoms with van der Waals surface area (Å²) in [6, 6.07) is 75.0. The predicted molar refractivity (Wildman–Crippen MR) is 237 cm³/mol. The molecule has 0 radical (unpaired) electrons. The molecule has 2 aromatic heterocycles. The van der Waals surface area contributed by atoms with E-state index in [4.69, 9.17) is 8.83 Å². The second-order valence-electron chi connectivity index (χ2n) is 14.5. The number of hydrogen-bond donors (Lipinski definition) is 0. The lowest BCUT2D eigenvalue weighted by Gasteiger charge is -2.26. The van der Waals surface area contributed by atoms with Gasteiger partial charge in [0.05, 0.1) is 0 Å². The highest BCUT2D eigenvalue weighted by Crippen LogP contribution is 2.46. The molecule has 0 aliphatic carbocycles. The van der Waals surface area contributed by atoms with E-state index in [9.17, 15) is 0 Å². The Hall–Kier alpha value is -7.62. The van der Waals surface area contributed by atoms with Gasteiger partial charge in [-0.3, -0.25) is 0 Å². The zero-order valence-corrected chi connectivity index (χ0v) is 31.0. The third kappa shape index (κ3) is 5.68. The van der Waals surface area contributed by atoms with Crippen LogP contribution in [0.5, 0.6) is 0 Å². The van der Waals surface area contributed by atoms with Gasteiger partial charge in [0.25, 0.3) is 0 Å². The molecule has 0 aliphatic heterocycles. The van der Waals surface area contributed by atoms with Gasteiger partial charge in [-0.05, 0) is 99.6 Å². The minimum atomic E-state index is 0.861. The summed E-state index contributed by atoms with van der Waals surface area (Å²) >= 11 is 0. The van der Waals surface area contributed by atoms with Crippen molar-refractivity contribution in [3.63, 3.8) is 0 Å². The standard InChI is InChI=1S/C54H35NO2/c1-3-13-36(14-4-1)38-25-29-41(30-26-38)55(42-31-27-39(28-32-42)37-15-5-2-6-16-37)43-18-11-17-40(35-43)44-33-34-46(53-48-20-8-10-23-50(48)57-54(44)53)45-21-12-24-51-52(45)47-19-7-9-22-49(47)56-51/h1-35H. The minimum Gasteiger partial charge on any atom is -0.456 e. The Balaban J connectivity index is 1.07. The number of furan rings is 2. The molecule has 0 bridgehead atoms. The molecule has 11 rings (SSSR count). The summed E-state index contributed by atoms with van der Waals surface area (Å²) in [5.74, 6) is 0. The number of rotatable bonds is 7. The average molecular weight is 730 g/mol. The van der Waals surface area contributed by atoms with Crippen LogP contribution >= 0.6 is 0 Å². The number of nitrogens with zero attached hydrogens (tertiary/aromatic N) is 1. The molecule has 0 saturated carbocycles. The average Bonchev–Trinajstić information content (AvgIpc) is 3.87. The van der Waals surface area contributed by atoms with E-state index in [0.29, 0.717) is 0 Å². The summed E-state index contributed by atoms with van der Waals surface area (Å²) in [6.45, 7) is 0. The quantitative estimate of drug-likeness (QED) is 0.164. The zero-order chi connectivity index (χ0) is 37.7. The molecule has 0 saturated heterocycles. The molecule has 268 valence electrons. The first-order valence-corrected chi connectivity index (χ1v) is 19.3. The van der Waals surface area contributed by atoms with Crippen LogP contribution in [-0.4, -0.2) is 0 Å². The van der Waals surface area contributed by atoms with Gasteiger partial charge >= 0.3 is 0 Å². The van der Waals surface area contributed by atoms with Crippen molar-refractivity contribution in [2.45, 2.75) is 0 Å². The number of hydrogen-bond acceptors (Lipinski definition) is 3. The molecule has 57 heavy (non-hydrogen) atoms. The molecule has 9 aromatic carbocycles. The van der Waals surface area contributed by atoms with E-state index in [0.717, 1.165) is 83.2 Å². The largest absolute Gasteiger partial charge is 0.456 e. The van der Waals surface area contributed by atoms with Crippen LogP contribution in [0.4, 0.5) is 17.1 Å². The summed E-state index contributed by atoms with van der Waals surface area (Å²) in [4.78, 5) is 2.34. The van der Waals surface area contributed by atoms with Crippen LogP contribution < -0.4 is 4.90 Å². The van der Waals surface area contributed by atoms with Crippen molar-refractivity contribution in [1.82, 2.24) is 0 Å². The fourth-order valence-electron chi connectivity index (χ4n) is 8.41. The topological polar surface area (TPSA) is 29.5 Å². The highest BCUT2D eigenvalue weighted by atomic mass is 16.3. The van der Waals surface area contributed by atoms with Gasteiger partial charge in [-0.1, -0.05) is 152 Å². The normalized spacial score (nSPS) is 11.5. The van der Waals surface area contributed by atoms with Crippen LogP contribution in [0.15, 0.2) is 221 Å². The van der Waals surface area contributed by atoms with Gasteiger partial charge in [-0.15, -0.1) is 0 Å². The van der Waals surface area contributed by atoms with Crippen LogP contribution in [0.25, 0.3) is 88.4 Å². The Bertz CT molecular complexity index is 3130. The summed E-state index contributed by atoms with van der Waals surface area (Å²) in [6.07, 6.45) is 0. The monoisotopic (exact) mass is 729 g/mol. The van der Waals surface area contributed by atoms with E-state index in [1.54, 1.807) is 0 Å². The summed E-state index contributed by atoms with van der Waals surface area (Å²) in [5.41, 5.74) is 15.8. The van der Waals surface area contributed by atoms with Crippen molar-refractivity contribution in [1.29, 1.82) is 0 Å². The lowest BCUT2D eigenvalue weighted by molar-refractivity contribution is 0.668. The Morgan fingerprint density at radius 3 is 1.40 bits per heavy atom. The molecule has 3 nitrogen and oxygen atoms in total. The van der Waals surface area contributed by atoms with Crippen LogP contribution in [0.2, 0.25) is 0 Å². The molecule has 0 aliphatic rings. The highest BCUT2D eigenvalue weighted by molar-refractivity contribution is 6.21. The number of anilines is 3. The minimum absolute atomic E-state index is 0.861. The number of para-hydroxylation sites is 2. The summed E-state index contributed by atoms with van der Waals surface area (Å²) in [5, 5.41) is 4.40. The van der Waals surface area contributed by atoms with Crippen molar-refractivity contribution in [2.24, 2.45) is 0 Å². The molecule has 2 heterocycles. The van der Waals surface area contributed by atoms with Crippen LogP contribution in [0.1, 0.15) is 0 Å². The zero-order valence-electron chi connectivity index (χ0n) is 31.0. The molecule has 3 heteroatoms. The first kappa shape index (κ1) is 32.8. The fourth-order valence-corrected chi connectivity index (χ4v) is 8.41. The maximum absolute atomic E-state index is 6.82. The Morgan fingerprint density at radius 1 is 0.281 bits per heavy atom. The smallest absolute Gasteiger partial charge is 0.143 e. The summed E-state index contributed by atoms with van der Waals surface area (Å²) < 4.78 is 13.2. The Kier molecular flexibility index (Phi) is 7.82. The molecule has 0 N–H and O–H groups in total. The second-order valence-corrected chi connectivity index (χ2v) is 14.5. The Labute approximate surface area is 330 Å². The molecule has 0 amide bonds. The third-order valence-electron chi connectivity index (χ3n) is 11.1. The van der Waals surface area contributed by atoms with Gasteiger partial charge < -0.3 is 13.7 Å². The van der Waals surface area contributed by atoms with E-state index in [-0.39, 0.29) is 0 Å². The van der Waals surface area contributed by atoms with Crippen molar-refractivity contribution in [3.8, 4) is 44.5 Å². The van der Waals surface area contributed by atoms with Gasteiger partial charge in [0.15, 0.2) is 0 Å². The van der Waals surface area contributed by atoms with Gasteiger partial charge in [0, 0.05) is 44.2 Å². The van der Waals surface area contributed by atoms with Gasteiger partial charge in [0.1, 0.15) is 22.3 Å². The van der Waals surface area contributed by atoms with E-state index >= 15 is 0 Å². The van der Waals surface area contributed by atoms with Crippen LogP contribution in [0, 0.1) is 0 Å². The first-order chi connectivity index (χ1) is 28.3. The van der Waals surface area contributed by atoms with E-state index in [1.807, 2.05) is 18.2 Å². The van der Waals surface area contributed by atoms with Crippen LogP contribution in [0.3, 0.4) is 0 Å². The lowest BCUT2D eigenvalue weighted by atomic mass is 9.92. The summed E-state index contributed by atoms with van der Waals surface area (Å²) in [7, 11) is 0. The predicted octanol–water partition coefficient (Wildman–Crippen LogP) is 15.6. The lowest BCUT2D eigenvalue weighted by Crippen LogP contribution is -2.10. The maximum Gasteiger partial charge on any atom is 0.143 e. The number of fused-ring (bicyclic) bond motifs is 6. The molecule has 0 spiro atoms. The molecule has 11 aromatic rings. The molecule has 0 fully saturated rings. The van der Waals surface area contributed by atoms with Crippen molar-refractivity contribution < 1.29 is 8.83 Å². The molecular weight excluding hydrogens is 695 g/mol. The first-order valence-electron chi connectivity index (χ1n) is 19.3. The third-order valence-corrected chi connectivity index (χ3v) is 11.1. The second kappa shape index (κ2) is 13.6. The van der Waals surface area contributed by atoms with E-state index < -0.39 is 0 Å². The maximum atomic E-state index is 6.82. The van der Waals surface area contributed by atoms with Crippen molar-refractivity contribution in [2.75, 3.05) is 4.90 Å². The van der Waals surface area contributed by atoms with E-state index in [1.165, 1.54) is 22.3 Å². The SMILES string of the molecule is c1ccc(-c2ccc(N(c3ccc(-c4ccccc4)cc3)c3cccc(-c4ccc(-c5cccc6oc7ccccc7c56)c5c4oc4ccccc45)c3)cc2)cc1. The van der Waals surface area contributed by atoms with Crippen LogP contribution in [-0.2, 0) is 0 Å². The van der Waals surface area contributed by atoms with Gasteiger partial charge in [-0.2, -0.15) is 0 Å². The molecule has 0 unspecified atom stereocenters. The molecule has 0 atom stereocenters. The Morgan fingerprint density at radius 2 is 0.754 bits per heavy atom. The van der Waals surface area contributed by atoms with E-state index in [2.05, 4.69) is 199 Å². The molecular formula is C54H35NO2. The van der Waals surface area contributed by atoms with Gasteiger partial charge in [-0.25, -0.2) is 0 Å². The van der Waals surface area contributed by atoms with Crippen molar-refractivity contribution in [3.05, 3.63) is 212 Å². The van der Waals surface area contributed by atoms with Crippen molar-refractivity contribution >= 4 is 60.9 Å².